The van der Waals surface area contributed by atoms with Crippen LogP contribution in [0.3, 0.4) is 0 Å². The number of halogens is 2. The number of amides is 1. The molecule has 3 aromatic rings. The van der Waals surface area contributed by atoms with E-state index in [0.717, 1.165) is 6.20 Å². The summed E-state index contributed by atoms with van der Waals surface area (Å²) in [6, 6.07) is 4.81. The summed E-state index contributed by atoms with van der Waals surface area (Å²) in [6.07, 6.45) is 3.34. The summed E-state index contributed by atoms with van der Waals surface area (Å²) < 4.78 is 28.4. The second-order valence-electron chi connectivity index (χ2n) is 5.75. The molecule has 0 saturated carbocycles. The van der Waals surface area contributed by atoms with E-state index < -0.39 is 17.9 Å². The van der Waals surface area contributed by atoms with Gasteiger partial charge >= 0.3 is 0 Å². The topological polar surface area (TPSA) is 75.4 Å². The van der Waals surface area contributed by atoms with Crippen LogP contribution >= 0.6 is 0 Å². The van der Waals surface area contributed by atoms with E-state index in [-0.39, 0.29) is 17.9 Å². The number of hydrogen-bond acceptors (Lipinski definition) is 5. The molecule has 128 valence electrons. The van der Waals surface area contributed by atoms with Crippen molar-refractivity contribution in [1.82, 2.24) is 19.6 Å². The van der Waals surface area contributed by atoms with Crippen molar-refractivity contribution in [3.05, 3.63) is 48.3 Å². The van der Waals surface area contributed by atoms with Crippen LogP contribution in [0.5, 0.6) is 0 Å². The molecule has 1 fully saturated rings. The Labute approximate surface area is 141 Å². The zero-order valence-corrected chi connectivity index (χ0v) is 13.1. The molecule has 0 aliphatic carbocycles. The highest BCUT2D eigenvalue weighted by Gasteiger charge is 2.24. The summed E-state index contributed by atoms with van der Waals surface area (Å²) >= 11 is 0. The highest BCUT2D eigenvalue weighted by Crippen LogP contribution is 2.21. The highest BCUT2D eigenvalue weighted by atomic mass is 19.1. The van der Waals surface area contributed by atoms with Gasteiger partial charge < -0.3 is 10.2 Å². The predicted molar refractivity (Wildman–Crippen MR) is 86.9 cm³/mol. The monoisotopic (exact) mass is 344 g/mol. The number of imidazole rings is 1. The summed E-state index contributed by atoms with van der Waals surface area (Å²) in [6.45, 7) is 0.842. The quantitative estimate of drug-likeness (QED) is 0.787. The minimum absolute atomic E-state index is 0.0194. The van der Waals surface area contributed by atoms with E-state index in [2.05, 4.69) is 20.4 Å². The number of alkyl halides is 1. The molecule has 4 rings (SSSR count). The minimum Gasteiger partial charge on any atom is -0.352 e. The van der Waals surface area contributed by atoms with E-state index in [9.17, 15) is 13.6 Å². The number of rotatable bonds is 3. The van der Waals surface area contributed by atoms with Crippen LogP contribution < -0.4 is 10.2 Å². The fourth-order valence-electron chi connectivity index (χ4n) is 2.78. The molecule has 0 spiro atoms. The molecule has 1 amide bonds. The van der Waals surface area contributed by atoms with Crippen LogP contribution in [0.2, 0.25) is 0 Å². The largest absolute Gasteiger partial charge is 0.352 e. The lowest BCUT2D eigenvalue weighted by Gasteiger charge is -2.16. The molecular formula is C16H14F2N6O. The van der Waals surface area contributed by atoms with Crippen molar-refractivity contribution in [2.75, 3.05) is 23.3 Å². The van der Waals surface area contributed by atoms with Crippen molar-refractivity contribution in [2.45, 2.75) is 12.6 Å². The van der Waals surface area contributed by atoms with Gasteiger partial charge in [0.25, 0.3) is 5.91 Å². The van der Waals surface area contributed by atoms with Gasteiger partial charge in [0.05, 0.1) is 24.6 Å². The number of carbonyl (C=O) groups is 1. The molecule has 25 heavy (non-hydrogen) atoms. The molecule has 1 atom stereocenters. The molecule has 4 heterocycles. The van der Waals surface area contributed by atoms with Gasteiger partial charge in [0.1, 0.15) is 12.0 Å². The first kappa shape index (κ1) is 15.4. The maximum atomic E-state index is 13.7. The van der Waals surface area contributed by atoms with E-state index in [1.54, 1.807) is 12.1 Å². The minimum atomic E-state index is -0.877. The molecular weight excluding hydrogens is 330 g/mol. The Morgan fingerprint density at radius 3 is 2.92 bits per heavy atom. The van der Waals surface area contributed by atoms with Crippen LogP contribution in [0.25, 0.3) is 5.65 Å². The summed E-state index contributed by atoms with van der Waals surface area (Å²) in [5.74, 6) is -0.619. The lowest BCUT2D eigenvalue weighted by Crippen LogP contribution is -2.23. The summed E-state index contributed by atoms with van der Waals surface area (Å²) in [7, 11) is 0. The fourth-order valence-corrected chi connectivity index (χ4v) is 2.78. The molecule has 1 aliphatic rings. The number of anilines is 2. The van der Waals surface area contributed by atoms with Gasteiger partial charge in [0.2, 0.25) is 0 Å². The lowest BCUT2D eigenvalue weighted by molar-refractivity contribution is 0.102. The van der Waals surface area contributed by atoms with Crippen molar-refractivity contribution < 1.29 is 13.6 Å². The molecule has 0 unspecified atom stereocenters. The number of pyridine rings is 1. The molecule has 3 aromatic heterocycles. The number of aromatic nitrogens is 4. The fraction of sp³-hybridized carbons (Fsp3) is 0.250. The summed E-state index contributed by atoms with van der Waals surface area (Å²) in [5.41, 5.74) is 0.648. The third kappa shape index (κ3) is 2.88. The standard InChI is InChI=1S/C16H14F2N6O/c17-10-4-6-23(9-10)15-2-1-14-20-8-13(24(14)22-15)16(25)21-12-3-5-19-7-11(12)18/h1-3,5,7-8,10H,4,6,9H2,(H,19,21,25)/t10-/m0/s1. The predicted octanol–water partition coefficient (Wildman–Crippen LogP) is 2.06. The SMILES string of the molecule is O=C(Nc1ccncc1F)c1cnc2ccc(N3CC[C@H](F)C3)nn12. The summed E-state index contributed by atoms with van der Waals surface area (Å²) in [5, 5.41) is 6.86. The van der Waals surface area contributed by atoms with E-state index >= 15 is 0 Å². The first-order chi connectivity index (χ1) is 12.1. The van der Waals surface area contributed by atoms with Crippen LogP contribution in [-0.2, 0) is 0 Å². The number of fused-ring (bicyclic) bond motifs is 1. The second kappa shape index (κ2) is 6.08. The van der Waals surface area contributed by atoms with Crippen molar-refractivity contribution in [3.63, 3.8) is 0 Å². The maximum absolute atomic E-state index is 13.7. The zero-order valence-electron chi connectivity index (χ0n) is 13.1. The third-order valence-corrected chi connectivity index (χ3v) is 4.06. The molecule has 0 bridgehead atoms. The van der Waals surface area contributed by atoms with Crippen molar-refractivity contribution in [2.24, 2.45) is 0 Å². The van der Waals surface area contributed by atoms with Gasteiger partial charge in [-0.05, 0) is 24.6 Å². The van der Waals surface area contributed by atoms with Crippen molar-refractivity contribution in [1.29, 1.82) is 0 Å². The van der Waals surface area contributed by atoms with Gasteiger partial charge in [0.15, 0.2) is 17.2 Å². The van der Waals surface area contributed by atoms with Gasteiger partial charge in [-0.15, -0.1) is 5.10 Å². The van der Waals surface area contributed by atoms with Crippen LogP contribution in [0, 0.1) is 5.82 Å². The Bertz CT molecular complexity index is 943. The van der Waals surface area contributed by atoms with Gasteiger partial charge in [-0.1, -0.05) is 0 Å². The van der Waals surface area contributed by atoms with Gasteiger partial charge in [-0.3, -0.25) is 9.78 Å². The average Bonchev–Trinajstić information content (AvgIpc) is 3.22. The first-order valence-electron chi connectivity index (χ1n) is 7.76. The third-order valence-electron chi connectivity index (χ3n) is 4.06. The van der Waals surface area contributed by atoms with Crippen molar-refractivity contribution in [3.8, 4) is 0 Å². The second-order valence-corrected chi connectivity index (χ2v) is 5.75. The Morgan fingerprint density at radius 1 is 1.28 bits per heavy atom. The molecule has 1 N–H and O–H groups in total. The van der Waals surface area contributed by atoms with Gasteiger partial charge in [-0.2, -0.15) is 0 Å². The number of nitrogens with zero attached hydrogens (tertiary/aromatic N) is 5. The van der Waals surface area contributed by atoms with Crippen LogP contribution in [-0.4, -0.2) is 44.8 Å². The van der Waals surface area contributed by atoms with Crippen LogP contribution in [0.1, 0.15) is 16.9 Å². The van der Waals surface area contributed by atoms with Gasteiger partial charge in [0, 0.05) is 12.7 Å². The molecule has 1 aliphatic heterocycles. The van der Waals surface area contributed by atoms with Crippen LogP contribution in [0.15, 0.2) is 36.8 Å². The first-order valence-corrected chi connectivity index (χ1v) is 7.76. The van der Waals surface area contributed by atoms with Crippen molar-refractivity contribution >= 4 is 23.1 Å². The number of nitrogens with one attached hydrogen (secondary N) is 1. The van der Waals surface area contributed by atoms with Crippen LogP contribution in [0.4, 0.5) is 20.3 Å². The molecule has 0 radical (unpaired) electrons. The normalized spacial score (nSPS) is 17.2. The molecule has 0 aromatic carbocycles. The Hall–Kier alpha value is -3.10. The molecule has 9 heteroatoms. The Morgan fingerprint density at radius 2 is 2.16 bits per heavy atom. The van der Waals surface area contributed by atoms with E-state index in [1.807, 2.05) is 4.90 Å². The Balaban J connectivity index is 1.65. The maximum Gasteiger partial charge on any atom is 0.276 e. The van der Waals surface area contributed by atoms with E-state index in [0.29, 0.717) is 24.4 Å². The zero-order chi connectivity index (χ0) is 17.4. The average molecular weight is 344 g/mol. The van der Waals surface area contributed by atoms with E-state index in [4.69, 9.17) is 0 Å². The highest BCUT2D eigenvalue weighted by molar-refractivity contribution is 6.03. The molecule has 7 nitrogen and oxygen atoms in total. The van der Waals surface area contributed by atoms with E-state index in [1.165, 1.54) is 23.0 Å². The smallest absolute Gasteiger partial charge is 0.276 e. The summed E-state index contributed by atoms with van der Waals surface area (Å²) in [4.78, 5) is 22.0. The number of hydrogen-bond donors (Lipinski definition) is 1. The number of carbonyl (C=O) groups excluding carboxylic acids is 1. The van der Waals surface area contributed by atoms with Gasteiger partial charge in [-0.25, -0.2) is 18.3 Å². The molecule has 1 saturated heterocycles. The lowest BCUT2D eigenvalue weighted by atomic mass is 10.3. The Kier molecular flexibility index (Phi) is 3.75.